The molecule has 130 valence electrons. The first-order valence-corrected chi connectivity index (χ1v) is 9.07. The van der Waals surface area contributed by atoms with E-state index in [4.69, 9.17) is 0 Å². The van der Waals surface area contributed by atoms with Crippen LogP contribution in [-0.2, 0) is 9.59 Å². The Morgan fingerprint density at radius 1 is 1.29 bits per heavy atom. The van der Waals surface area contributed by atoms with Crippen LogP contribution >= 0.6 is 0 Å². The van der Waals surface area contributed by atoms with E-state index in [0.29, 0.717) is 25.4 Å². The summed E-state index contributed by atoms with van der Waals surface area (Å²) in [6, 6.07) is 9.42. The Kier molecular flexibility index (Phi) is 5.51. The molecule has 0 radical (unpaired) electrons. The van der Waals surface area contributed by atoms with Crippen LogP contribution in [-0.4, -0.2) is 48.9 Å². The van der Waals surface area contributed by atoms with Gasteiger partial charge in [-0.1, -0.05) is 18.2 Å². The van der Waals surface area contributed by atoms with Crippen LogP contribution in [0.2, 0.25) is 0 Å². The van der Waals surface area contributed by atoms with Gasteiger partial charge in [-0.05, 0) is 57.3 Å². The van der Waals surface area contributed by atoms with Crippen molar-refractivity contribution in [2.75, 3.05) is 31.1 Å². The highest BCUT2D eigenvalue weighted by molar-refractivity contribution is 6.01. The van der Waals surface area contributed by atoms with E-state index < -0.39 is 0 Å². The Morgan fingerprint density at radius 2 is 2.08 bits per heavy atom. The maximum atomic E-state index is 12.8. The molecule has 1 aromatic carbocycles. The maximum Gasteiger partial charge on any atom is 0.249 e. The van der Waals surface area contributed by atoms with E-state index in [0.717, 1.165) is 38.0 Å². The largest absolute Gasteiger partial charge is 0.331 e. The highest BCUT2D eigenvalue weighted by Gasteiger charge is 2.38. The average Bonchev–Trinajstić information content (AvgIpc) is 3.25. The molecular weight excluding hydrogens is 302 g/mol. The number of anilines is 1. The first-order chi connectivity index (χ1) is 11.7. The van der Waals surface area contributed by atoms with Gasteiger partial charge in [0.15, 0.2) is 0 Å². The molecule has 2 aliphatic heterocycles. The lowest BCUT2D eigenvalue weighted by molar-refractivity contribution is -0.138. The number of likely N-dealkylation sites (N-methyl/N-ethyl adjacent to an activating group) is 1. The van der Waals surface area contributed by atoms with E-state index in [1.807, 2.05) is 42.2 Å². The van der Waals surface area contributed by atoms with Crippen molar-refractivity contribution in [3.05, 3.63) is 30.3 Å². The fourth-order valence-corrected chi connectivity index (χ4v) is 3.82. The van der Waals surface area contributed by atoms with E-state index in [1.165, 1.54) is 0 Å². The molecule has 24 heavy (non-hydrogen) atoms. The zero-order chi connectivity index (χ0) is 16.9. The summed E-state index contributed by atoms with van der Waals surface area (Å²) in [5.41, 5.74) is 0.922. The lowest BCUT2D eigenvalue weighted by Gasteiger charge is -2.27. The fourth-order valence-electron chi connectivity index (χ4n) is 3.82. The van der Waals surface area contributed by atoms with Gasteiger partial charge in [0.05, 0.1) is 0 Å². The third-order valence-corrected chi connectivity index (χ3v) is 5.21. The van der Waals surface area contributed by atoms with Gasteiger partial charge >= 0.3 is 0 Å². The van der Waals surface area contributed by atoms with Crippen molar-refractivity contribution < 1.29 is 9.59 Å². The third-order valence-electron chi connectivity index (χ3n) is 5.21. The normalized spacial score (nSPS) is 23.7. The second-order valence-electron chi connectivity index (χ2n) is 6.71. The number of nitrogens with zero attached hydrogens (tertiary/aromatic N) is 2. The quantitative estimate of drug-likeness (QED) is 0.869. The number of para-hydroxylation sites is 1. The number of hydrogen-bond acceptors (Lipinski definition) is 3. The van der Waals surface area contributed by atoms with Gasteiger partial charge in [0.2, 0.25) is 11.8 Å². The molecule has 5 heteroatoms. The molecule has 2 atom stereocenters. The van der Waals surface area contributed by atoms with Crippen LogP contribution in [0.15, 0.2) is 30.3 Å². The Bertz CT molecular complexity index is 569. The number of nitrogens with one attached hydrogen (secondary N) is 1. The summed E-state index contributed by atoms with van der Waals surface area (Å²) in [6.07, 6.45) is 3.35. The average molecular weight is 329 g/mol. The fraction of sp³-hybridized carbons (Fsp3) is 0.579. The molecule has 0 spiro atoms. The lowest BCUT2D eigenvalue weighted by Crippen LogP contribution is -2.45. The predicted molar refractivity (Wildman–Crippen MR) is 94.8 cm³/mol. The monoisotopic (exact) mass is 329 g/mol. The molecule has 0 bridgehead atoms. The highest BCUT2D eigenvalue weighted by Crippen LogP contribution is 2.25. The van der Waals surface area contributed by atoms with Crippen molar-refractivity contribution in [2.24, 2.45) is 5.92 Å². The zero-order valence-corrected chi connectivity index (χ0v) is 14.4. The molecule has 3 rings (SSSR count). The number of rotatable bonds is 6. The van der Waals surface area contributed by atoms with Gasteiger partial charge in [0.25, 0.3) is 0 Å². The van der Waals surface area contributed by atoms with E-state index in [9.17, 15) is 9.59 Å². The molecule has 2 fully saturated rings. The van der Waals surface area contributed by atoms with Crippen molar-refractivity contribution in [3.8, 4) is 0 Å². The Morgan fingerprint density at radius 3 is 2.75 bits per heavy atom. The number of amides is 2. The van der Waals surface area contributed by atoms with Gasteiger partial charge in [-0.3, -0.25) is 9.59 Å². The van der Waals surface area contributed by atoms with E-state index in [-0.39, 0.29) is 17.9 Å². The third kappa shape index (κ3) is 3.61. The Hall–Kier alpha value is -1.88. The summed E-state index contributed by atoms with van der Waals surface area (Å²) in [5, 5.41) is 3.34. The minimum absolute atomic E-state index is 0.0546. The molecule has 1 aromatic rings. The van der Waals surface area contributed by atoms with Crippen molar-refractivity contribution in [3.63, 3.8) is 0 Å². The highest BCUT2D eigenvalue weighted by atomic mass is 16.2. The van der Waals surface area contributed by atoms with Gasteiger partial charge in [0, 0.05) is 25.2 Å². The van der Waals surface area contributed by atoms with E-state index in [1.54, 1.807) is 4.90 Å². The standard InChI is InChI=1S/C19H27N3O2/c1-2-21(18(23)9-8-15-10-12-20-14-15)17-11-13-22(19(17)24)16-6-4-3-5-7-16/h3-7,15,17,20H,2,8-14H2,1H3. The number of carbonyl (C=O) groups excluding carboxylic acids is 2. The SMILES string of the molecule is CCN(C(=O)CCC1CCNC1)C1CCN(c2ccccc2)C1=O. The molecule has 2 heterocycles. The van der Waals surface area contributed by atoms with Crippen LogP contribution in [0.5, 0.6) is 0 Å². The lowest BCUT2D eigenvalue weighted by atomic mass is 10.0. The second-order valence-corrected chi connectivity index (χ2v) is 6.71. The van der Waals surface area contributed by atoms with E-state index in [2.05, 4.69) is 5.32 Å². The molecule has 5 nitrogen and oxygen atoms in total. The van der Waals surface area contributed by atoms with Gasteiger partial charge in [-0.15, -0.1) is 0 Å². The van der Waals surface area contributed by atoms with Crippen LogP contribution < -0.4 is 10.2 Å². The topological polar surface area (TPSA) is 52.7 Å². The summed E-state index contributed by atoms with van der Waals surface area (Å²) in [6.45, 7) is 5.32. The summed E-state index contributed by atoms with van der Waals surface area (Å²) >= 11 is 0. The first kappa shape index (κ1) is 17.0. The van der Waals surface area contributed by atoms with Gasteiger partial charge in [-0.25, -0.2) is 0 Å². The molecular formula is C19H27N3O2. The molecule has 0 aliphatic carbocycles. The number of benzene rings is 1. The van der Waals surface area contributed by atoms with Gasteiger partial charge in [0.1, 0.15) is 6.04 Å². The Balaban J connectivity index is 1.60. The second kappa shape index (κ2) is 7.79. The molecule has 2 unspecified atom stereocenters. The Labute approximate surface area is 144 Å². The number of hydrogen-bond donors (Lipinski definition) is 1. The summed E-state index contributed by atoms with van der Waals surface area (Å²) in [7, 11) is 0. The van der Waals surface area contributed by atoms with Crippen LogP contribution in [0.4, 0.5) is 5.69 Å². The molecule has 0 aromatic heterocycles. The van der Waals surface area contributed by atoms with Crippen molar-refractivity contribution in [1.29, 1.82) is 0 Å². The van der Waals surface area contributed by atoms with Crippen LogP contribution in [0, 0.1) is 5.92 Å². The smallest absolute Gasteiger partial charge is 0.249 e. The van der Waals surface area contributed by atoms with Crippen molar-refractivity contribution >= 4 is 17.5 Å². The summed E-state index contributed by atoms with van der Waals surface area (Å²) in [5.74, 6) is 0.782. The summed E-state index contributed by atoms with van der Waals surface area (Å²) in [4.78, 5) is 29.0. The molecule has 2 aliphatic rings. The van der Waals surface area contributed by atoms with Crippen LogP contribution in [0.3, 0.4) is 0 Å². The first-order valence-electron chi connectivity index (χ1n) is 9.07. The van der Waals surface area contributed by atoms with Gasteiger partial charge < -0.3 is 15.1 Å². The zero-order valence-electron chi connectivity index (χ0n) is 14.4. The number of carbonyl (C=O) groups is 2. The predicted octanol–water partition coefficient (Wildman–Crippen LogP) is 2.03. The van der Waals surface area contributed by atoms with E-state index >= 15 is 0 Å². The minimum atomic E-state index is -0.301. The molecule has 2 amide bonds. The summed E-state index contributed by atoms with van der Waals surface area (Å²) < 4.78 is 0. The van der Waals surface area contributed by atoms with Crippen molar-refractivity contribution in [1.82, 2.24) is 10.2 Å². The maximum absolute atomic E-state index is 12.8. The molecule has 2 saturated heterocycles. The van der Waals surface area contributed by atoms with Crippen molar-refractivity contribution in [2.45, 2.75) is 38.6 Å². The van der Waals surface area contributed by atoms with Crippen LogP contribution in [0.25, 0.3) is 0 Å². The van der Waals surface area contributed by atoms with Gasteiger partial charge in [-0.2, -0.15) is 0 Å². The molecule has 0 saturated carbocycles. The molecule has 1 N–H and O–H groups in total. The minimum Gasteiger partial charge on any atom is -0.331 e. The van der Waals surface area contributed by atoms with Crippen LogP contribution in [0.1, 0.15) is 32.6 Å².